The summed E-state index contributed by atoms with van der Waals surface area (Å²) in [5, 5.41) is 14.1. The van der Waals surface area contributed by atoms with Gasteiger partial charge < -0.3 is 20.1 Å². The van der Waals surface area contributed by atoms with Crippen LogP contribution in [0.1, 0.15) is 62.0 Å². The van der Waals surface area contributed by atoms with Crippen LogP contribution >= 0.6 is 0 Å². The van der Waals surface area contributed by atoms with Crippen molar-refractivity contribution >= 4 is 11.9 Å². The summed E-state index contributed by atoms with van der Waals surface area (Å²) in [5.74, 6) is -0.266. The molecule has 2 aromatic rings. The number of halogens is 6. The van der Waals surface area contributed by atoms with Gasteiger partial charge in [-0.05, 0) is 56.6 Å². The van der Waals surface area contributed by atoms with Crippen molar-refractivity contribution in [2.24, 2.45) is 0 Å². The average Bonchev–Trinajstić information content (AvgIpc) is 3.11. The smallest absolute Gasteiger partial charge is 0.395 e. The van der Waals surface area contributed by atoms with Crippen molar-refractivity contribution in [3.63, 3.8) is 0 Å². The third kappa shape index (κ3) is 10.6. The summed E-state index contributed by atoms with van der Waals surface area (Å²) in [4.78, 5) is 24.3. The van der Waals surface area contributed by atoms with E-state index in [1.165, 1.54) is 24.5 Å². The molecule has 2 unspecified atom stereocenters. The number of nitrogens with zero attached hydrogens (tertiary/aromatic N) is 1. The highest BCUT2D eigenvalue weighted by Crippen LogP contribution is 2.37. The van der Waals surface area contributed by atoms with E-state index >= 15 is 0 Å². The molecule has 1 saturated heterocycles. The molecule has 1 aliphatic rings. The van der Waals surface area contributed by atoms with Gasteiger partial charge in [0.15, 0.2) is 0 Å². The fourth-order valence-corrected chi connectivity index (χ4v) is 3.98. The van der Waals surface area contributed by atoms with Gasteiger partial charge >= 0.3 is 18.4 Å². The molecular formula is C28H37F6N3O4. The Morgan fingerprint density at radius 1 is 1.02 bits per heavy atom. The molecular weight excluding hydrogens is 556 g/mol. The lowest BCUT2D eigenvalue weighted by Crippen LogP contribution is -2.48. The normalized spacial score (nSPS) is 17.7. The van der Waals surface area contributed by atoms with E-state index in [1.807, 2.05) is 32.2 Å². The first kappa shape index (κ1) is 35.9. The van der Waals surface area contributed by atoms with E-state index in [0.29, 0.717) is 18.6 Å². The van der Waals surface area contributed by atoms with Crippen LogP contribution in [0, 0.1) is 0 Å². The monoisotopic (exact) mass is 593 g/mol. The van der Waals surface area contributed by atoms with Crippen LogP contribution in [0.3, 0.4) is 0 Å². The maximum atomic E-state index is 12.5. The zero-order valence-electron chi connectivity index (χ0n) is 23.6. The molecule has 0 aromatic heterocycles. The Morgan fingerprint density at radius 3 is 1.98 bits per heavy atom. The molecule has 3 amide bonds. The number of methoxy groups -OCH3 is 1. The number of hydrogen-bond donors (Lipinski definition) is 3. The largest absolute Gasteiger partial charge is 0.416 e. The molecule has 7 nitrogen and oxygen atoms in total. The maximum Gasteiger partial charge on any atom is 0.416 e. The molecule has 3 rings (SSSR count). The lowest BCUT2D eigenvalue weighted by atomic mass is 9.95. The SMILES string of the molecule is CCCC1(C)C(=O)NC(=O)N1CCO.CNCc1ccccc1.COC(C)c1cc(C(F)(F)F)cc(C(F)(F)F)c1. The summed E-state index contributed by atoms with van der Waals surface area (Å²) in [6, 6.07) is 11.3. The first-order valence-corrected chi connectivity index (χ1v) is 12.8. The molecule has 1 fully saturated rings. The van der Waals surface area contributed by atoms with E-state index in [1.54, 1.807) is 6.92 Å². The molecule has 230 valence electrons. The Balaban J connectivity index is 0.000000324. The molecule has 0 saturated carbocycles. The number of carbonyl (C=O) groups is 2. The fourth-order valence-electron chi connectivity index (χ4n) is 3.98. The van der Waals surface area contributed by atoms with E-state index in [4.69, 9.17) is 9.84 Å². The van der Waals surface area contributed by atoms with Crippen molar-refractivity contribution in [3.8, 4) is 0 Å². The highest BCUT2D eigenvalue weighted by atomic mass is 19.4. The maximum absolute atomic E-state index is 12.5. The van der Waals surface area contributed by atoms with Crippen LogP contribution in [0.4, 0.5) is 31.1 Å². The summed E-state index contributed by atoms with van der Waals surface area (Å²) in [5.41, 5.74) is -2.29. The van der Waals surface area contributed by atoms with E-state index < -0.39 is 41.2 Å². The van der Waals surface area contributed by atoms with E-state index in [9.17, 15) is 35.9 Å². The Labute approximate surface area is 235 Å². The number of aliphatic hydroxyl groups is 1. The van der Waals surface area contributed by atoms with Crippen molar-refractivity contribution in [1.82, 2.24) is 15.5 Å². The van der Waals surface area contributed by atoms with Gasteiger partial charge in [0, 0.05) is 20.2 Å². The summed E-state index contributed by atoms with van der Waals surface area (Å²) in [7, 11) is 3.16. The van der Waals surface area contributed by atoms with Crippen molar-refractivity contribution < 1.29 is 45.8 Å². The lowest BCUT2D eigenvalue weighted by Gasteiger charge is -2.30. The molecule has 1 heterocycles. The van der Waals surface area contributed by atoms with Crippen LogP contribution in [-0.4, -0.2) is 54.8 Å². The number of urea groups is 1. The average molecular weight is 594 g/mol. The first-order valence-electron chi connectivity index (χ1n) is 12.8. The van der Waals surface area contributed by atoms with Gasteiger partial charge in [-0.1, -0.05) is 43.7 Å². The van der Waals surface area contributed by atoms with Crippen molar-refractivity contribution in [2.45, 2.75) is 64.2 Å². The summed E-state index contributed by atoms with van der Waals surface area (Å²) in [6.45, 7) is 6.09. The number of amides is 3. The van der Waals surface area contributed by atoms with Gasteiger partial charge in [0.25, 0.3) is 5.91 Å². The van der Waals surface area contributed by atoms with E-state index in [0.717, 1.165) is 13.0 Å². The first-order chi connectivity index (χ1) is 19.0. The second-order valence-electron chi connectivity index (χ2n) is 9.39. The number of benzene rings is 2. The number of β-amino-alcohol motifs (C(OH)–C–C–N with tert-alkyl or cyclic N) is 1. The highest BCUT2D eigenvalue weighted by Gasteiger charge is 2.48. The third-order valence-electron chi connectivity index (χ3n) is 6.27. The van der Waals surface area contributed by atoms with Gasteiger partial charge in [-0.15, -0.1) is 0 Å². The predicted octanol–water partition coefficient (Wildman–Crippen LogP) is 5.93. The Morgan fingerprint density at radius 2 is 1.56 bits per heavy atom. The molecule has 41 heavy (non-hydrogen) atoms. The Bertz CT molecular complexity index is 1080. The van der Waals surface area contributed by atoms with Gasteiger partial charge in [-0.25, -0.2) is 4.79 Å². The highest BCUT2D eigenvalue weighted by molar-refractivity contribution is 6.06. The number of rotatable bonds is 8. The molecule has 2 atom stereocenters. The molecule has 0 radical (unpaired) electrons. The van der Waals surface area contributed by atoms with Gasteiger partial charge in [0.1, 0.15) is 5.54 Å². The topological polar surface area (TPSA) is 90.9 Å². The summed E-state index contributed by atoms with van der Waals surface area (Å²) < 4.78 is 79.7. The van der Waals surface area contributed by atoms with Crippen LogP contribution in [0.15, 0.2) is 48.5 Å². The van der Waals surface area contributed by atoms with Crippen molar-refractivity contribution in [1.29, 1.82) is 0 Å². The number of ether oxygens (including phenoxy) is 1. The van der Waals surface area contributed by atoms with Crippen LogP contribution in [0.5, 0.6) is 0 Å². The van der Waals surface area contributed by atoms with Gasteiger partial charge in [-0.2, -0.15) is 26.3 Å². The molecule has 1 aliphatic heterocycles. The summed E-state index contributed by atoms with van der Waals surface area (Å²) >= 11 is 0. The van der Waals surface area contributed by atoms with Crippen LogP contribution < -0.4 is 10.6 Å². The zero-order valence-corrected chi connectivity index (χ0v) is 23.6. The van der Waals surface area contributed by atoms with E-state index in [-0.39, 0.29) is 30.7 Å². The number of carbonyl (C=O) groups excluding carboxylic acids is 2. The van der Waals surface area contributed by atoms with Crippen LogP contribution in [0.25, 0.3) is 0 Å². The molecule has 0 bridgehead atoms. The molecule has 0 aliphatic carbocycles. The number of hydrogen-bond acceptors (Lipinski definition) is 5. The van der Waals surface area contributed by atoms with Crippen molar-refractivity contribution in [2.75, 3.05) is 27.3 Å². The summed E-state index contributed by atoms with van der Waals surface area (Å²) in [6.07, 6.45) is -9.08. The molecule has 0 spiro atoms. The minimum Gasteiger partial charge on any atom is -0.395 e. The minimum atomic E-state index is -4.83. The number of imide groups is 1. The van der Waals surface area contributed by atoms with Gasteiger partial charge in [0.2, 0.25) is 0 Å². The molecule has 13 heteroatoms. The standard InChI is InChI=1S/C11H10F6O.C9H16N2O3.C8H11N/c1-6(18-2)7-3-8(10(12,13)14)5-9(4-7)11(15,16)17;1-3-4-9(2)7(13)10-8(14)11(9)5-6-12;1-9-7-8-5-3-2-4-6-8/h3-6H,1-2H3;12H,3-6H2,1-2H3,(H,10,13,14);2-6,9H,7H2,1H3. The van der Waals surface area contributed by atoms with Gasteiger partial charge in [-0.3, -0.25) is 10.1 Å². The fraction of sp³-hybridized carbons (Fsp3) is 0.500. The third-order valence-corrected chi connectivity index (χ3v) is 6.27. The van der Waals surface area contributed by atoms with Crippen molar-refractivity contribution in [3.05, 3.63) is 70.8 Å². The second-order valence-corrected chi connectivity index (χ2v) is 9.39. The Kier molecular flexibility index (Phi) is 13.8. The lowest BCUT2D eigenvalue weighted by molar-refractivity contribution is -0.143. The number of nitrogens with one attached hydrogen (secondary N) is 2. The van der Waals surface area contributed by atoms with E-state index in [2.05, 4.69) is 22.8 Å². The number of aliphatic hydroxyl groups excluding tert-OH is 1. The minimum absolute atomic E-state index is 0.0892. The zero-order chi connectivity index (χ0) is 31.4. The second kappa shape index (κ2) is 15.7. The quantitative estimate of drug-likeness (QED) is 0.261. The Hall–Kier alpha value is -3.16. The molecule has 2 aromatic carbocycles. The molecule has 3 N–H and O–H groups in total. The predicted molar refractivity (Wildman–Crippen MR) is 142 cm³/mol. The van der Waals surface area contributed by atoms with Crippen LogP contribution in [-0.2, 0) is 28.4 Å². The van der Waals surface area contributed by atoms with Crippen LogP contribution in [0.2, 0.25) is 0 Å². The number of alkyl halides is 6. The van der Waals surface area contributed by atoms with Gasteiger partial charge in [0.05, 0.1) is 23.8 Å².